The van der Waals surface area contributed by atoms with Gasteiger partial charge in [0.25, 0.3) is 0 Å². The molecule has 5 rings (SSSR count). The molecule has 2 heteroatoms. The molecule has 0 fully saturated rings. The van der Waals surface area contributed by atoms with Gasteiger partial charge in [-0.3, -0.25) is 0 Å². The molecule has 0 aromatic heterocycles. The number of hydrogen-bond donors (Lipinski definition) is 0. The van der Waals surface area contributed by atoms with Crippen LogP contribution in [0.3, 0.4) is 0 Å². The summed E-state index contributed by atoms with van der Waals surface area (Å²) >= 11 is 0. The van der Waals surface area contributed by atoms with Crippen LogP contribution in [0.5, 0.6) is 0 Å². The molecule has 5 aromatic carbocycles. The molecule has 39 heavy (non-hydrogen) atoms. The second-order valence-corrected chi connectivity index (χ2v) is 10.4. The first-order valence-corrected chi connectivity index (χ1v) is 14.4. The Balaban J connectivity index is 0.000000215. The number of nitrogens with zero attached hydrogens (tertiary/aromatic N) is 1. The second-order valence-electron chi connectivity index (χ2n) is 10.4. The zero-order valence-electron chi connectivity index (χ0n) is 23.8. The molecule has 0 heterocycles. The average molecular weight is 512 g/mol. The van der Waals surface area contributed by atoms with E-state index in [1.807, 2.05) is 0 Å². The number of rotatable bonds is 9. The number of quaternary nitrogens is 1. The molecule has 0 N–H and O–H groups in total. The van der Waals surface area contributed by atoms with Crippen LogP contribution >= 0.6 is 0 Å². The van der Waals surface area contributed by atoms with Gasteiger partial charge in [0.1, 0.15) is 12.7 Å². The summed E-state index contributed by atoms with van der Waals surface area (Å²) in [7, 11) is 0. The van der Waals surface area contributed by atoms with Crippen LogP contribution in [0.2, 0.25) is 0 Å². The Kier molecular flexibility index (Phi) is 9.94. The minimum atomic E-state index is -1.22. The molecule has 0 unspecified atom stereocenters. The van der Waals surface area contributed by atoms with Crippen LogP contribution in [0.4, 0.5) is 0 Å². The molecule has 5 aromatic rings. The van der Waals surface area contributed by atoms with Gasteiger partial charge in [0.15, 0.2) is 0 Å². The highest BCUT2D eigenvalue weighted by Crippen LogP contribution is 2.13. The van der Waals surface area contributed by atoms with E-state index in [-0.39, 0.29) is 0 Å². The Bertz CT molecular complexity index is 1180. The monoisotopic (exact) mass is 511 g/mol. The molecule has 0 saturated heterocycles. The molecule has 0 amide bonds. The normalized spacial score (nSPS) is 11.4. The lowest BCUT2D eigenvalue weighted by Crippen LogP contribution is -2.74. The summed E-state index contributed by atoms with van der Waals surface area (Å²) in [6.45, 7) is 11.7. The van der Waals surface area contributed by atoms with Crippen LogP contribution in [0.25, 0.3) is 0 Å². The van der Waals surface area contributed by atoms with Crippen LogP contribution in [0, 0.1) is 0 Å². The van der Waals surface area contributed by atoms with Crippen molar-refractivity contribution in [2.75, 3.05) is 19.6 Å². The summed E-state index contributed by atoms with van der Waals surface area (Å²) in [5, 5.41) is 0. The molecular formula is C37H42BN. The first-order chi connectivity index (χ1) is 19.2. The Hall–Kier alpha value is -3.88. The lowest BCUT2D eigenvalue weighted by molar-refractivity contribution is -0.936. The van der Waals surface area contributed by atoms with Crippen molar-refractivity contribution in [2.24, 2.45) is 0 Å². The van der Waals surface area contributed by atoms with Crippen molar-refractivity contribution in [2.45, 2.75) is 27.3 Å². The Labute approximate surface area is 236 Å². The van der Waals surface area contributed by atoms with Gasteiger partial charge in [0.05, 0.1) is 19.6 Å². The van der Waals surface area contributed by atoms with Gasteiger partial charge < -0.3 is 4.48 Å². The fourth-order valence-corrected chi connectivity index (χ4v) is 6.10. The lowest BCUT2D eigenvalue weighted by atomic mass is 9.13. The molecule has 0 radical (unpaired) electrons. The highest BCUT2D eigenvalue weighted by atomic mass is 15.3. The fourth-order valence-electron chi connectivity index (χ4n) is 6.10. The van der Waals surface area contributed by atoms with Crippen molar-refractivity contribution in [3.63, 3.8) is 0 Å². The van der Waals surface area contributed by atoms with Gasteiger partial charge in [0, 0.05) is 5.56 Å². The molecule has 0 aliphatic rings. The van der Waals surface area contributed by atoms with Crippen molar-refractivity contribution in [1.82, 2.24) is 0 Å². The average Bonchev–Trinajstić information content (AvgIpc) is 3.03. The first kappa shape index (κ1) is 28.1. The summed E-state index contributed by atoms with van der Waals surface area (Å²) in [6, 6.07) is 54.3. The van der Waals surface area contributed by atoms with Crippen LogP contribution in [-0.4, -0.2) is 30.3 Å². The predicted octanol–water partition coefficient (Wildman–Crippen LogP) is 6.13. The van der Waals surface area contributed by atoms with Crippen LogP contribution in [0.15, 0.2) is 152 Å². The molecule has 0 atom stereocenters. The molecule has 0 aliphatic heterocycles. The smallest absolute Gasteiger partial charge is 0.108 e. The van der Waals surface area contributed by atoms with Gasteiger partial charge >= 0.3 is 0 Å². The minimum absolute atomic E-state index is 1.17. The van der Waals surface area contributed by atoms with Crippen LogP contribution in [-0.2, 0) is 6.54 Å². The third-order valence-electron chi connectivity index (χ3n) is 8.57. The standard InChI is InChI=1S/C24H20B.C13H22N/c1-5-13-21(14-6-1)25(22-15-7-2-8-16-22,23-17-9-3-10-18-23)24-19-11-4-12-20-24;1-4-14(5-2,6-3)12-13-10-8-7-9-11-13/h1-20H;7-11H,4-6,12H2,1-3H3/q-1;+1. The van der Waals surface area contributed by atoms with E-state index in [1.165, 1.54) is 58.1 Å². The summed E-state index contributed by atoms with van der Waals surface area (Å²) < 4.78 is 1.20. The zero-order chi connectivity index (χ0) is 27.4. The van der Waals surface area contributed by atoms with Crippen molar-refractivity contribution >= 4 is 28.0 Å². The van der Waals surface area contributed by atoms with Crippen molar-refractivity contribution in [3.05, 3.63) is 157 Å². The molecular weight excluding hydrogens is 469 g/mol. The number of hydrogen-bond acceptors (Lipinski definition) is 0. The highest BCUT2D eigenvalue weighted by Gasteiger charge is 2.31. The molecule has 0 aliphatic carbocycles. The van der Waals surface area contributed by atoms with E-state index in [0.717, 1.165) is 0 Å². The van der Waals surface area contributed by atoms with Crippen LogP contribution in [0.1, 0.15) is 26.3 Å². The summed E-state index contributed by atoms with van der Waals surface area (Å²) in [5.41, 5.74) is 6.81. The summed E-state index contributed by atoms with van der Waals surface area (Å²) in [6.07, 6.45) is -1.22. The Morgan fingerprint density at radius 2 is 0.641 bits per heavy atom. The van der Waals surface area contributed by atoms with Gasteiger partial charge in [0.2, 0.25) is 0 Å². The minimum Gasteiger partial charge on any atom is -0.321 e. The Morgan fingerprint density at radius 3 is 0.897 bits per heavy atom. The van der Waals surface area contributed by atoms with Gasteiger partial charge in [-0.25, -0.2) is 0 Å². The van der Waals surface area contributed by atoms with E-state index in [1.54, 1.807) is 0 Å². The lowest BCUT2D eigenvalue weighted by Gasteiger charge is -2.44. The van der Waals surface area contributed by atoms with Gasteiger partial charge in [-0.05, 0) is 20.8 Å². The molecule has 0 spiro atoms. The Morgan fingerprint density at radius 1 is 0.385 bits per heavy atom. The predicted molar refractivity (Wildman–Crippen MR) is 172 cm³/mol. The van der Waals surface area contributed by atoms with Crippen molar-refractivity contribution in [3.8, 4) is 0 Å². The van der Waals surface area contributed by atoms with E-state index >= 15 is 0 Å². The van der Waals surface area contributed by atoms with E-state index in [9.17, 15) is 0 Å². The third-order valence-corrected chi connectivity index (χ3v) is 8.57. The molecule has 0 saturated carbocycles. The molecule has 1 nitrogen and oxygen atoms in total. The first-order valence-electron chi connectivity index (χ1n) is 14.4. The topological polar surface area (TPSA) is 0 Å². The quantitative estimate of drug-likeness (QED) is 0.165. The van der Waals surface area contributed by atoms with E-state index in [2.05, 4.69) is 172 Å². The molecule has 0 bridgehead atoms. The van der Waals surface area contributed by atoms with Gasteiger partial charge in [-0.15, -0.1) is 0 Å². The maximum Gasteiger partial charge on any atom is 0.108 e. The van der Waals surface area contributed by atoms with Crippen molar-refractivity contribution in [1.29, 1.82) is 0 Å². The largest absolute Gasteiger partial charge is 0.321 e. The SMILES string of the molecule is CC[N+](CC)(CC)Cc1ccccc1.c1ccc([B-](c2ccccc2)(c2ccccc2)c2ccccc2)cc1. The fraction of sp³-hybridized carbons (Fsp3) is 0.189. The third kappa shape index (κ3) is 6.41. The summed E-state index contributed by atoms with van der Waals surface area (Å²) in [5.74, 6) is 0. The van der Waals surface area contributed by atoms with Gasteiger partial charge in [-0.1, -0.05) is 152 Å². The van der Waals surface area contributed by atoms with Crippen LogP contribution < -0.4 is 21.9 Å². The zero-order valence-corrected chi connectivity index (χ0v) is 23.8. The second kappa shape index (κ2) is 13.8. The summed E-state index contributed by atoms with van der Waals surface area (Å²) in [4.78, 5) is 0. The molecule has 198 valence electrons. The highest BCUT2D eigenvalue weighted by molar-refractivity contribution is 7.19. The van der Waals surface area contributed by atoms with E-state index < -0.39 is 6.15 Å². The number of benzene rings is 5. The van der Waals surface area contributed by atoms with Crippen molar-refractivity contribution < 1.29 is 4.48 Å². The maximum absolute atomic E-state index is 2.29. The van der Waals surface area contributed by atoms with Gasteiger partial charge in [-0.2, -0.15) is 21.9 Å². The van der Waals surface area contributed by atoms with E-state index in [0.29, 0.717) is 0 Å². The maximum atomic E-state index is 2.29. The van der Waals surface area contributed by atoms with E-state index in [4.69, 9.17) is 0 Å².